The molecule has 1 N–H and O–H groups in total. The van der Waals surface area contributed by atoms with Gasteiger partial charge in [0, 0.05) is 11.0 Å². The largest absolute Gasteiger partial charge is 0.490 e. The van der Waals surface area contributed by atoms with Crippen molar-refractivity contribution in [2.24, 2.45) is 5.92 Å². The van der Waals surface area contributed by atoms with Crippen molar-refractivity contribution < 1.29 is 4.74 Å². The SMILES string of the molecule is CNCc1cc(OC2CCCC(C)C2)ccc1Br. The van der Waals surface area contributed by atoms with E-state index in [-0.39, 0.29) is 0 Å². The number of halogens is 1. The highest BCUT2D eigenvalue weighted by Crippen LogP contribution is 2.29. The van der Waals surface area contributed by atoms with Crippen LogP contribution in [0.3, 0.4) is 0 Å². The number of ether oxygens (including phenoxy) is 1. The Labute approximate surface area is 118 Å². The van der Waals surface area contributed by atoms with E-state index < -0.39 is 0 Å². The van der Waals surface area contributed by atoms with E-state index >= 15 is 0 Å². The van der Waals surface area contributed by atoms with Crippen LogP contribution in [-0.2, 0) is 6.54 Å². The number of hydrogen-bond donors (Lipinski definition) is 1. The van der Waals surface area contributed by atoms with Crippen molar-refractivity contribution in [1.82, 2.24) is 5.32 Å². The van der Waals surface area contributed by atoms with E-state index in [4.69, 9.17) is 4.74 Å². The second kappa shape index (κ2) is 6.58. The number of nitrogens with one attached hydrogen (secondary N) is 1. The van der Waals surface area contributed by atoms with Gasteiger partial charge in [-0.25, -0.2) is 0 Å². The Bertz CT molecular complexity index is 394. The van der Waals surface area contributed by atoms with Gasteiger partial charge in [-0.3, -0.25) is 0 Å². The molecule has 3 heteroatoms. The lowest BCUT2D eigenvalue weighted by Gasteiger charge is -2.27. The summed E-state index contributed by atoms with van der Waals surface area (Å²) in [5.41, 5.74) is 1.25. The Kier molecular flexibility index (Phi) is 5.07. The molecule has 1 aliphatic rings. The third-order valence-corrected chi connectivity index (χ3v) is 4.35. The average Bonchev–Trinajstić information content (AvgIpc) is 2.34. The zero-order valence-electron chi connectivity index (χ0n) is 11.2. The fourth-order valence-electron chi connectivity index (χ4n) is 2.63. The molecule has 100 valence electrons. The summed E-state index contributed by atoms with van der Waals surface area (Å²) in [6, 6.07) is 6.27. The molecule has 0 aliphatic heterocycles. The summed E-state index contributed by atoms with van der Waals surface area (Å²) < 4.78 is 7.26. The maximum absolute atomic E-state index is 6.12. The zero-order chi connectivity index (χ0) is 13.0. The molecular formula is C15H22BrNO. The maximum Gasteiger partial charge on any atom is 0.120 e. The lowest BCUT2D eigenvalue weighted by Crippen LogP contribution is -2.24. The maximum atomic E-state index is 6.12. The van der Waals surface area contributed by atoms with Crippen molar-refractivity contribution in [3.63, 3.8) is 0 Å². The molecular weight excluding hydrogens is 290 g/mol. The van der Waals surface area contributed by atoms with Crippen LogP contribution < -0.4 is 10.1 Å². The topological polar surface area (TPSA) is 21.3 Å². The lowest BCUT2D eigenvalue weighted by atomic mass is 9.89. The van der Waals surface area contributed by atoms with Gasteiger partial charge >= 0.3 is 0 Å². The minimum absolute atomic E-state index is 0.400. The fraction of sp³-hybridized carbons (Fsp3) is 0.600. The molecule has 1 aromatic carbocycles. The van der Waals surface area contributed by atoms with Crippen LogP contribution in [0.5, 0.6) is 5.75 Å². The first kappa shape index (κ1) is 13.9. The summed E-state index contributed by atoms with van der Waals surface area (Å²) in [4.78, 5) is 0. The first-order chi connectivity index (χ1) is 8.69. The van der Waals surface area contributed by atoms with Crippen molar-refractivity contribution in [3.8, 4) is 5.75 Å². The van der Waals surface area contributed by atoms with Crippen molar-refractivity contribution in [1.29, 1.82) is 0 Å². The molecule has 0 amide bonds. The molecule has 0 aromatic heterocycles. The van der Waals surface area contributed by atoms with Crippen LogP contribution in [0.15, 0.2) is 22.7 Å². The van der Waals surface area contributed by atoms with E-state index in [9.17, 15) is 0 Å². The first-order valence-electron chi connectivity index (χ1n) is 6.78. The first-order valence-corrected chi connectivity index (χ1v) is 7.58. The van der Waals surface area contributed by atoms with Crippen molar-refractivity contribution in [3.05, 3.63) is 28.2 Å². The smallest absolute Gasteiger partial charge is 0.120 e. The Morgan fingerprint density at radius 1 is 1.39 bits per heavy atom. The van der Waals surface area contributed by atoms with Gasteiger partial charge in [-0.1, -0.05) is 29.3 Å². The summed E-state index contributed by atoms with van der Waals surface area (Å²) in [5.74, 6) is 1.80. The van der Waals surface area contributed by atoms with Gasteiger partial charge in [-0.15, -0.1) is 0 Å². The van der Waals surface area contributed by atoms with E-state index in [2.05, 4.69) is 46.4 Å². The Morgan fingerprint density at radius 2 is 2.22 bits per heavy atom. The van der Waals surface area contributed by atoms with Crippen LogP contribution in [-0.4, -0.2) is 13.2 Å². The van der Waals surface area contributed by atoms with Crippen LogP contribution in [0.2, 0.25) is 0 Å². The van der Waals surface area contributed by atoms with Gasteiger partial charge in [0.25, 0.3) is 0 Å². The third kappa shape index (κ3) is 3.72. The second-order valence-electron chi connectivity index (χ2n) is 5.30. The highest BCUT2D eigenvalue weighted by atomic mass is 79.9. The van der Waals surface area contributed by atoms with Gasteiger partial charge < -0.3 is 10.1 Å². The van der Waals surface area contributed by atoms with Crippen LogP contribution in [0, 0.1) is 5.92 Å². The quantitative estimate of drug-likeness (QED) is 0.903. The average molecular weight is 312 g/mol. The summed E-state index contributed by atoms with van der Waals surface area (Å²) in [6.45, 7) is 3.18. The van der Waals surface area contributed by atoms with Crippen molar-refractivity contribution in [2.45, 2.75) is 45.3 Å². The van der Waals surface area contributed by atoms with Gasteiger partial charge in [-0.2, -0.15) is 0 Å². The normalized spacial score (nSPS) is 23.9. The molecule has 0 bridgehead atoms. The third-order valence-electron chi connectivity index (χ3n) is 3.58. The molecule has 1 fully saturated rings. The molecule has 1 saturated carbocycles. The van der Waals surface area contributed by atoms with E-state index in [1.54, 1.807) is 0 Å². The monoisotopic (exact) mass is 311 g/mol. The van der Waals surface area contributed by atoms with Gasteiger partial charge in [0.15, 0.2) is 0 Å². The molecule has 0 spiro atoms. The van der Waals surface area contributed by atoms with E-state index in [0.717, 1.165) is 22.7 Å². The Hall–Kier alpha value is -0.540. The molecule has 0 radical (unpaired) electrons. The van der Waals surface area contributed by atoms with Crippen LogP contribution in [0.1, 0.15) is 38.2 Å². The van der Waals surface area contributed by atoms with Gasteiger partial charge in [0.2, 0.25) is 0 Å². The summed E-state index contributed by atoms with van der Waals surface area (Å²) >= 11 is 3.57. The molecule has 2 atom stereocenters. The summed E-state index contributed by atoms with van der Waals surface area (Å²) in [7, 11) is 1.96. The predicted octanol–water partition coefficient (Wildman–Crippen LogP) is 4.13. The Morgan fingerprint density at radius 3 is 2.94 bits per heavy atom. The van der Waals surface area contributed by atoms with E-state index in [0.29, 0.717) is 6.10 Å². The van der Waals surface area contributed by atoms with Crippen LogP contribution in [0.25, 0.3) is 0 Å². The predicted molar refractivity (Wildman–Crippen MR) is 79.0 cm³/mol. The van der Waals surface area contributed by atoms with Gasteiger partial charge in [0.05, 0.1) is 6.10 Å². The number of hydrogen-bond acceptors (Lipinski definition) is 2. The molecule has 1 aromatic rings. The van der Waals surface area contributed by atoms with Crippen molar-refractivity contribution >= 4 is 15.9 Å². The van der Waals surface area contributed by atoms with E-state index in [1.165, 1.54) is 31.2 Å². The summed E-state index contributed by atoms with van der Waals surface area (Å²) in [6.07, 6.45) is 5.44. The van der Waals surface area contributed by atoms with Gasteiger partial charge in [0.1, 0.15) is 5.75 Å². The molecule has 1 aliphatic carbocycles. The minimum Gasteiger partial charge on any atom is -0.490 e. The van der Waals surface area contributed by atoms with Crippen molar-refractivity contribution in [2.75, 3.05) is 7.05 Å². The molecule has 0 saturated heterocycles. The zero-order valence-corrected chi connectivity index (χ0v) is 12.8. The Balaban J connectivity index is 2.02. The number of rotatable bonds is 4. The minimum atomic E-state index is 0.400. The molecule has 18 heavy (non-hydrogen) atoms. The fourth-order valence-corrected chi connectivity index (χ4v) is 3.02. The van der Waals surface area contributed by atoms with Crippen LogP contribution >= 0.6 is 15.9 Å². The molecule has 2 rings (SSSR count). The summed E-state index contributed by atoms with van der Waals surface area (Å²) in [5, 5.41) is 3.18. The highest BCUT2D eigenvalue weighted by Gasteiger charge is 2.20. The standard InChI is InChI=1S/C15H22BrNO/c1-11-4-3-5-13(8-11)18-14-6-7-15(16)12(9-14)10-17-2/h6-7,9,11,13,17H,3-5,8,10H2,1-2H3. The highest BCUT2D eigenvalue weighted by molar-refractivity contribution is 9.10. The second-order valence-corrected chi connectivity index (χ2v) is 6.15. The van der Waals surface area contributed by atoms with E-state index in [1.807, 2.05) is 7.05 Å². The number of benzene rings is 1. The molecule has 2 nitrogen and oxygen atoms in total. The van der Waals surface area contributed by atoms with Gasteiger partial charge in [-0.05, 0) is 56.0 Å². The molecule has 0 heterocycles. The lowest BCUT2D eigenvalue weighted by molar-refractivity contribution is 0.129. The van der Waals surface area contributed by atoms with Crippen LogP contribution in [0.4, 0.5) is 0 Å². The molecule has 2 unspecified atom stereocenters.